The Balaban J connectivity index is 2.51. The summed E-state index contributed by atoms with van der Waals surface area (Å²) in [7, 11) is 0. The molecule has 1 rings (SSSR count). The first-order valence-electron chi connectivity index (χ1n) is 3.82. The van der Waals surface area contributed by atoms with Crippen LogP contribution in [0.15, 0.2) is 12.3 Å². The van der Waals surface area contributed by atoms with Crippen LogP contribution in [0, 0.1) is 0 Å². The molecule has 0 saturated heterocycles. The number of amides is 1. The molecule has 1 aliphatic heterocycles. The number of carbonyl (C=O) groups is 3. The smallest absolute Gasteiger partial charge is 0.305 e. The summed E-state index contributed by atoms with van der Waals surface area (Å²) in [6.45, 7) is 0.123. The van der Waals surface area contributed by atoms with Gasteiger partial charge in [-0.2, -0.15) is 0 Å². The fourth-order valence-corrected chi connectivity index (χ4v) is 0.981. The third kappa shape index (κ3) is 2.70. The number of aliphatic carboxylic acids is 1. The van der Waals surface area contributed by atoms with Crippen LogP contribution in [0.25, 0.3) is 0 Å². The van der Waals surface area contributed by atoms with Gasteiger partial charge in [0.15, 0.2) is 5.78 Å². The molecule has 1 aliphatic rings. The van der Waals surface area contributed by atoms with Crippen LogP contribution < -0.4 is 0 Å². The average molecular weight is 183 g/mol. The Bertz CT molecular complexity index is 282. The molecule has 0 radical (unpaired) electrons. The Morgan fingerprint density at radius 1 is 1.54 bits per heavy atom. The molecule has 0 atom stereocenters. The van der Waals surface area contributed by atoms with E-state index in [1.54, 1.807) is 0 Å². The van der Waals surface area contributed by atoms with Gasteiger partial charge in [0.1, 0.15) is 0 Å². The number of carboxylic acids is 1. The number of hydrogen-bond donors (Lipinski definition) is 1. The summed E-state index contributed by atoms with van der Waals surface area (Å²) in [6, 6.07) is 0. The number of allylic oxidation sites excluding steroid dienone is 1. The van der Waals surface area contributed by atoms with Gasteiger partial charge >= 0.3 is 5.97 Å². The van der Waals surface area contributed by atoms with Crippen molar-refractivity contribution in [2.75, 3.05) is 6.54 Å². The van der Waals surface area contributed by atoms with Crippen LogP contribution in [-0.4, -0.2) is 34.2 Å². The monoisotopic (exact) mass is 183 g/mol. The van der Waals surface area contributed by atoms with Crippen LogP contribution in [0.3, 0.4) is 0 Å². The summed E-state index contributed by atoms with van der Waals surface area (Å²) in [5, 5.41) is 8.35. The molecule has 70 valence electrons. The summed E-state index contributed by atoms with van der Waals surface area (Å²) in [4.78, 5) is 33.2. The van der Waals surface area contributed by atoms with Gasteiger partial charge in [0.25, 0.3) is 0 Å². The Hall–Kier alpha value is -1.65. The highest BCUT2D eigenvalue weighted by molar-refractivity contribution is 6.06. The standard InChI is InChI=1S/C8H9NO4/c10-6-1-3-9(7(11)5-6)4-2-8(12)13/h1,3H,2,4-5H2,(H,12,13). The molecule has 0 aromatic heterocycles. The molecule has 5 nitrogen and oxygen atoms in total. The van der Waals surface area contributed by atoms with E-state index in [0.717, 1.165) is 0 Å². The van der Waals surface area contributed by atoms with Gasteiger partial charge in [0.05, 0.1) is 12.8 Å². The van der Waals surface area contributed by atoms with Gasteiger partial charge in [-0.1, -0.05) is 0 Å². The van der Waals surface area contributed by atoms with E-state index in [0.29, 0.717) is 0 Å². The molecule has 1 amide bonds. The normalized spacial score (nSPS) is 16.5. The summed E-state index contributed by atoms with van der Waals surface area (Å²) in [5.74, 6) is -1.54. The van der Waals surface area contributed by atoms with Gasteiger partial charge in [-0.15, -0.1) is 0 Å². The third-order valence-corrected chi connectivity index (χ3v) is 1.65. The molecular weight excluding hydrogens is 174 g/mol. The highest BCUT2D eigenvalue weighted by Crippen LogP contribution is 2.05. The molecule has 0 aromatic carbocycles. The van der Waals surface area contributed by atoms with Crippen molar-refractivity contribution in [2.45, 2.75) is 12.8 Å². The van der Waals surface area contributed by atoms with Crippen LogP contribution in [-0.2, 0) is 14.4 Å². The predicted molar refractivity (Wildman–Crippen MR) is 42.7 cm³/mol. The summed E-state index contributed by atoms with van der Waals surface area (Å²) in [5.41, 5.74) is 0. The molecule has 5 heteroatoms. The number of rotatable bonds is 3. The highest BCUT2D eigenvalue weighted by atomic mass is 16.4. The number of carboxylic acid groups (broad SMARTS) is 1. The van der Waals surface area contributed by atoms with E-state index in [1.807, 2.05) is 0 Å². The quantitative estimate of drug-likeness (QED) is 0.613. The highest BCUT2D eigenvalue weighted by Gasteiger charge is 2.18. The summed E-state index contributed by atoms with van der Waals surface area (Å²) in [6.07, 6.45) is 2.35. The topological polar surface area (TPSA) is 74.7 Å². The van der Waals surface area contributed by atoms with Crippen LogP contribution in [0.5, 0.6) is 0 Å². The minimum absolute atomic E-state index is 0.107. The largest absolute Gasteiger partial charge is 0.481 e. The van der Waals surface area contributed by atoms with Gasteiger partial charge < -0.3 is 10.0 Å². The van der Waals surface area contributed by atoms with Crippen molar-refractivity contribution < 1.29 is 19.5 Å². The second-order valence-corrected chi connectivity index (χ2v) is 2.69. The maximum atomic E-state index is 11.1. The maximum Gasteiger partial charge on any atom is 0.305 e. The zero-order chi connectivity index (χ0) is 9.84. The summed E-state index contributed by atoms with van der Waals surface area (Å²) < 4.78 is 0. The Morgan fingerprint density at radius 3 is 2.77 bits per heavy atom. The van der Waals surface area contributed by atoms with Gasteiger partial charge in [-0.05, 0) is 6.08 Å². The minimum Gasteiger partial charge on any atom is -0.481 e. The second-order valence-electron chi connectivity index (χ2n) is 2.69. The van der Waals surface area contributed by atoms with Crippen molar-refractivity contribution in [1.82, 2.24) is 4.90 Å². The first-order valence-corrected chi connectivity index (χ1v) is 3.82. The molecule has 0 saturated carbocycles. The van der Waals surface area contributed by atoms with E-state index in [-0.39, 0.29) is 31.1 Å². The molecule has 13 heavy (non-hydrogen) atoms. The van der Waals surface area contributed by atoms with Gasteiger partial charge in [0.2, 0.25) is 5.91 Å². The van der Waals surface area contributed by atoms with Crippen molar-refractivity contribution in [2.24, 2.45) is 0 Å². The molecule has 1 heterocycles. The van der Waals surface area contributed by atoms with E-state index in [1.165, 1.54) is 17.2 Å². The van der Waals surface area contributed by atoms with Crippen LogP contribution in [0.2, 0.25) is 0 Å². The third-order valence-electron chi connectivity index (χ3n) is 1.65. The lowest BCUT2D eigenvalue weighted by Gasteiger charge is -2.19. The Morgan fingerprint density at radius 2 is 2.23 bits per heavy atom. The molecule has 1 N–H and O–H groups in total. The molecule has 0 aromatic rings. The first kappa shape index (κ1) is 9.44. The lowest BCUT2D eigenvalue weighted by atomic mass is 10.2. The average Bonchev–Trinajstić information content (AvgIpc) is 2.02. The lowest BCUT2D eigenvalue weighted by molar-refractivity contribution is -0.138. The van der Waals surface area contributed by atoms with Crippen LogP contribution in [0.1, 0.15) is 12.8 Å². The first-order chi connectivity index (χ1) is 6.09. The van der Waals surface area contributed by atoms with Gasteiger partial charge in [-0.3, -0.25) is 14.4 Å². The molecule has 0 fully saturated rings. The van der Waals surface area contributed by atoms with E-state index in [2.05, 4.69) is 0 Å². The van der Waals surface area contributed by atoms with E-state index >= 15 is 0 Å². The van der Waals surface area contributed by atoms with Gasteiger partial charge in [0, 0.05) is 12.7 Å². The van der Waals surface area contributed by atoms with E-state index in [9.17, 15) is 14.4 Å². The molecule has 0 bridgehead atoms. The van der Waals surface area contributed by atoms with Crippen molar-refractivity contribution in [1.29, 1.82) is 0 Å². The van der Waals surface area contributed by atoms with Crippen molar-refractivity contribution >= 4 is 17.7 Å². The Labute approximate surface area is 74.6 Å². The predicted octanol–water partition coefficient (Wildman–Crippen LogP) is -0.224. The van der Waals surface area contributed by atoms with Crippen molar-refractivity contribution in [3.8, 4) is 0 Å². The molecule has 0 unspecified atom stereocenters. The van der Waals surface area contributed by atoms with Crippen molar-refractivity contribution in [3.63, 3.8) is 0 Å². The second kappa shape index (κ2) is 3.84. The fraction of sp³-hybridized carbons (Fsp3) is 0.375. The van der Waals surface area contributed by atoms with Crippen molar-refractivity contribution in [3.05, 3.63) is 12.3 Å². The Kier molecular flexibility index (Phi) is 2.79. The zero-order valence-electron chi connectivity index (χ0n) is 6.90. The SMILES string of the molecule is O=C(O)CCN1C=CC(=O)CC1=O. The summed E-state index contributed by atoms with van der Waals surface area (Å²) >= 11 is 0. The van der Waals surface area contributed by atoms with E-state index in [4.69, 9.17) is 5.11 Å². The molecule has 0 spiro atoms. The number of ketones is 1. The molecular formula is C8H9NO4. The molecule has 0 aliphatic carbocycles. The maximum absolute atomic E-state index is 11.1. The zero-order valence-corrected chi connectivity index (χ0v) is 6.90. The lowest BCUT2D eigenvalue weighted by Crippen LogP contribution is -2.32. The number of carbonyl (C=O) groups excluding carboxylic acids is 2. The number of hydrogen-bond acceptors (Lipinski definition) is 3. The van der Waals surface area contributed by atoms with Crippen LogP contribution in [0.4, 0.5) is 0 Å². The minimum atomic E-state index is -0.960. The van der Waals surface area contributed by atoms with Gasteiger partial charge in [-0.25, -0.2) is 0 Å². The van der Waals surface area contributed by atoms with Crippen LogP contribution >= 0.6 is 0 Å². The fourth-order valence-electron chi connectivity index (χ4n) is 0.981. The van der Waals surface area contributed by atoms with E-state index < -0.39 is 5.97 Å². The number of nitrogens with zero attached hydrogens (tertiary/aromatic N) is 1.